The van der Waals surface area contributed by atoms with Crippen LogP contribution in [0.3, 0.4) is 0 Å². The van der Waals surface area contributed by atoms with Gasteiger partial charge in [0.25, 0.3) is 0 Å². The average molecular weight is 281 g/mol. The molecule has 0 bridgehead atoms. The van der Waals surface area contributed by atoms with Crippen LogP contribution in [0.1, 0.15) is 13.3 Å². The first kappa shape index (κ1) is 13.8. The number of halogens is 1. The van der Waals surface area contributed by atoms with Crippen molar-refractivity contribution in [1.82, 2.24) is 14.8 Å². The second kappa shape index (κ2) is 6.54. The first-order chi connectivity index (χ1) is 9.20. The van der Waals surface area contributed by atoms with Gasteiger partial charge in [-0.15, -0.1) is 0 Å². The predicted octanol–water partition coefficient (Wildman–Crippen LogP) is 2.76. The summed E-state index contributed by atoms with van der Waals surface area (Å²) in [6, 6.07) is 5.93. The molecule has 0 saturated heterocycles. The number of aromatic nitrogens is 3. The minimum absolute atomic E-state index is 0.278. The van der Waals surface area contributed by atoms with Gasteiger partial charge in [0.2, 0.25) is 0 Å². The van der Waals surface area contributed by atoms with Crippen molar-refractivity contribution >= 4 is 17.3 Å². The molecule has 0 aliphatic carbocycles. The van der Waals surface area contributed by atoms with E-state index in [9.17, 15) is 0 Å². The van der Waals surface area contributed by atoms with Gasteiger partial charge in [0.15, 0.2) is 0 Å². The number of methoxy groups -OCH3 is 1. The molecule has 1 atom stereocenters. The highest BCUT2D eigenvalue weighted by Crippen LogP contribution is 2.24. The minimum atomic E-state index is 0.278. The zero-order valence-corrected chi connectivity index (χ0v) is 11.8. The molecular formula is C13H17ClN4O. The normalized spacial score (nSPS) is 12.4. The number of rotatable bonds is 6. The van der Waals surface area contributed by atoms with Gasteiger partial charge < -0.3 is 10.1 Å². The molecule has 0 aliphatic heterocycles. The Morgan fingerprint density at radius 1 is 1.47 bits per heavy atom. The maximum Gasteiger partial charge on any atom is 0.138 e. The molecule has 0 radical (unpaired) electrons. The van der Waals surface area contributed by atoms with Gasteiger partial charge in [-0.2, -0.15) is 5.10 Å². The minimum Gasteiger partial charge on any atom is -0.385 e. The Bertz CT molecular complexity index is 515. The molecule has 0 aliphatic rings. The number of hydrogen-bond donors (Lipinski definition) is 1. The second-order valence-electron chi connectivity index (χ2n) is 4.33. The molecule has 1 heterocycles. The van der Waals surface area contributed by atoms with E-state index in [0.717, 1.165) is 17.8 Å². The van der Waals surface area contributed by atoms with Crippen LogP contribution in [0.5, 0.6) is 0 Å². The summed E-state index contributed by atoms with van der Waals surface area (Å²) in [5.74, 6) is 0. The summed E-state index contributed by atoms with van der Waals surface area (Å²) >= 11 is 6.06. The highest BCUT2D eigenvalue weighted by molar-refractivity contribution is 6.31. The van der Waals surface area contributed by atoms with Gasteiger partial charge in [-0.3, -0.25) is 0 Å². The Hall–Kier alpha value is -1.59. The van der Waals surface area contributed by atoms with Gasteiger partial charge in [-0.1, -0.05) is 11.6 Å². The molecule has 102 valence electrons. The standard InChI is InChI=1S/C13H17ClN4O/c1-10(5-6-19-2)17-12-7-11(14)3-4-13(12)18-9-15-8-16-18/h3-4,7-10,17H,5-6H2,1-2H3. The molecule has 5 nitrogen and oxygen atoms in total. The molecule has 1 unspecified atom stereocenters. The van der Waals surface area contributed by atoms with E-state index in [1.807, 2.05) is 18.2 Å². The van der Waals surface area contributed by atoms with E-state index in [4.69, 9.17) is 16.3 Å². The van der Waals surface area contributed by atoms with Gasteiger partial charge in [-0.25, -0.2) is 9.67 Å². The van der Waals surface area contributed by atoms with E-state index in [1.54, 1.807) is 18.1 Å². The van der Waals surface area contributed by atoms with Crippen molar-refractivity contribution in [3.63, 3.8) is 0 Å². The molecule has 6 heteroatoms. The second-order valence-corrected chi connectivity index (χ2v) is 4.76. The molecule has 0 amide bonds. The molecule has 1 aromatic heterocycles. The lowest BCUT2D eigenvalue weighted by atomic mass is 10.2. The Morgan fingerprint density at radius 3 is 3.00 bits per heavy atom. The summed E-state index contributed by atoms with van der Waals surface area (Å²) in [6.45, 7) is 2.82. The Labute approximate surface area is 117 Å². The fraction of sp³-hybridized carbons (Fsp3) is 0.385. The first-order valence-electron chi connectivity index (χ1n) is 6.10. The van der Waals surface area contributed by atoms with Crippen LogP contribution >= 0.6 is 11.6 Å². The fourth-order valence-corrected chi connectivity index (χ4v) is 1.96. The smallest absolute Gasteiger partial charge is 0.138 e. The van der Waals surface area contributed by atoms with Crippen molar-refractivity contribution in [2.75, 3.05) is 19.0 Å². The molecule has 0 saturated carbocycles. The molecule has 1 N–H and O–H groups in total. The van der Waals surface area contributed by atoms with Gasteiger partial charge >= 0.3 is 0 Å². The maximum absolute atomic E-state index is 6.06. The third kappa shape index (κ3) is 3.68. The predicted molar refractivity (Wildman–Crippen MR) is 75.9 cm³/mol. The summed E-state index contributed by atoms with van der Waals surface area (Å²) < 4.78 is 6.79. The van der Waals surface area contributed by atoms with Crippen molar-refractivity contribution in [2.24, 2.45) is 0 Å². The molecule has 2 aromatic rings. The first-order valence-corrected chi connectivity index (χ1v) is 6.48. The zero-order valence-electron chi connectivity index (χ0n) is 11.0. The SMILES string of the molecule is COCCC(C)Nc1cc(Cl)ccc1-n1cncn1. The van der Waals surface area contributed by atoms with Crippen LogP contribution in [-0.2, 0) is 4.74 Å². The van der Waals surface area contributed by atoms with Gasteiger partial charge in [-0.05, 0) is 31.5 Å². The van der Waals surface area contributed by atoms with Crippen molar-refractivity contribution in [3.8, 4) is 5.69 Å². The number of nitrogens with zero attached hydrogens (tertiary/aromatic N) is 3. The topological polar surface area (TPSA) is 52.0 Å². The van der Waals surface area contributed by atoms with Gasteiger partial charge in [0, 0.05) is 24.8 Å². The Morgan fingerprint density at radius 2 is 2.32 bits per heavy atom. The third-order valence-corrected chi connectivity index (χ3v) is 3.02. The highest BCUT2D eigenvalue weighted by Gasteiger charge is 2.09. The fourth-order valence-electron chi connectivity index (χ4n) is 1.79. The molecule has 0 spiro atoms. The largest absolute Gasteiger partial charge is 0.385 e. The Balaban J connectivity index is 2.20. The summed E-state index contributed by atoms with van der Waals surface area (Å²) in [5, 5.41) is 8.25. The Kier molecular flexibility index (Phi) is 4.76. The van der Waals surface area contributed by atoms with E-state index >= 15 is 0 Å². The van der Waals surface area contributed by atoms with E-state index in [1.165, 1.54) is 6.33 Å². The quantitative estimate of drug-likeness (QED) is 0.884. The van der Waals surface area contributed by atoms with Crippen molar-refractivity contribution in [1.29, 1.82) is 0 Å². The summed E-state index contributed by atoms with van der Waals surface area (Å²) in [5.41, 5.74) is 1.85. The summed E-state index contributed by atoms with van der Waals surface area (Å²) in [6.07, 6.45) is 4.08. The van der Waals surface area contributed by atoms with Crippen molar-refractivity contribution in [2.45, 2.75) is 19.4 Å². The van der Waals surface area contributed by atoms with Crippen LogP contribution < -0.4 is 5.32 Å². The molecule has 19 heavy (non-hydrogen) atoms. The van der Waals surface area contributed by atoms with E-state index in [2.05, 4.69) is 22.3 Å². The van der Waals surface area contributed by atoms with Crippen LogP contribution in [0, 0.1) is 0 Å². The number of hydrogen-bond acceptors (Lipinski definition) is 4. The van der Waals surface area contributed by atoms with Gasteiger partial charge in [0.1, 0.15) is 12.7 Å². The van der Waals surface area contributed by atoms with Crippen LogP contribution in [0.15, 0.2) is 30.9 Å². The average Bonchev–Trinajstić information content (AvgIpc) is 2.90. The summed E-state index contributed by atoms with van der Waals surface area (Å²) in [7, 11) is 1.70. The zero-order chi connectivity index (χ0) is 13.7. The van der Waals surface area contributed by atoms with Crippen molar-refractivity contribution in [3.05, 3.63) is 35.9 Å². The van der Waals surface area contributed by atoms with E-state index in [0.29, 0.717) is 11.6 Å². The highest BCUT2D eigenvalue weighted by atomic mass is 35.5. The molecule has 1 aromatic carbocycles. The lowest BCUT2D eigenvalue weighted by molar-refractivity contribution is 0.191. The van der Waals surface area contributed by atoms with Crippen LogP contribution in [0.25, 0.3) is 5.69 Å². The number of anilines is 1. The lowest BCUT2D eigenvalue weighted by Crippen LogP contribution is -2.18. The third-order valence-electron chi connectivity index (χ3n) is 2.78. The molecule has 0 fully saturated rings. The number of benzene rings is 1. The van der Waals surface area contributed by atoms with Crippen LogP contribution in [0.4, 0.5) is 5.69 Å². The van der Waals surface area contributed by atoms with Crippen molar-refractivity contribution < 1.29 is 4.74 Å². The van der Waals surface area contributed by atoms with E-state index < -0.39 is 0 Å². The summed E-state index contributed by atoms with van der Waals surface area (Å²) in [4.78, 5) is 3.96. The van der Waals surface area contributed by atoms with E-state index in [-0.39, 0.29) is 6.04 Å². The van der Waals surface area contributed by atoms with Gasteiger partial charge in [0.05, 0.1) is 11.4 Å². The molecule has 2 rings (SSSR count). The maximum atomic E-state index is 6.06. The number of nitrogens with one attached hydrogen (secondary N) is 1. The van der Waals surface area contributed by atoms with Crippen LogP contribution in [0.2, 0.25) is 5.02 Å². The lowest BCUT2D eigenvalue weighted by Gasteiger charge is -2.18. The monoisotopic (exact) mass is 280 g/mol. The van der Waals surface area contributed by atoms with Crippen LogP contribution in [-0.4, -0.2) is 34.5 Å². The molecular weight excluding hydrogens is 264 g/mol. The number of ether oxygens (including phenoxy) is 1.